The van der Waals surface area contributed by atoms with Gasteiger partial charge in [0.15, 0.2) is 0 Å². The van der Waals surface area contributed by atoms with Crippen LogP contribution >= 0.6 is 0 Å². The summed E-state index contributed by atoms with van der Waals surface area (Å²) in [5.74, 6) is -0.311. The number of sulfonamides is 1. The fourth-order valence-electron chi connectivity index (χ4n) is 3.84. The first-order valence-corrected chi connectivity index (χ1v) is 11.6. The number of carbonyl (C=O) groups excluding carboxylic acids is 2. The summed E-state index contributed by atoms with van der Waals surface area (Å²) in [4.78, 5) is 26.0. The van der Waals surface area contributed by atoms with Crippen LogP contribution in [0.25, 0.3) is 0 Å². The largest absolute Gasteiger partial charge is 0.379 e. The molecule has 4 rings (SSSR count). The Bertz CT molecular complexity index is 1060. The van der Waals surface area contributed by atoms with Crippen LogP contribution < -0.4 is 5.32 Å². The molecule has 1 atom stereocenters. The van der Waals surface area contributed by atoms with Crippen LogP contribution in [-0.2, 0) is 19.6 Å². The van der Waals surface area contributed by atoms with Crippen LogP contribution in [0.2, 0.25) is 0 Å². The van der Waals surface area contributed by atoms with E-state index in [1.807, 2.05) is 0 Å². The molecule has 0 bridgehead atoms. The van der Waals surface area contributed by atoms with Crippen LogP contribution in [-0.4, -0.2) is 78.6 Å². The standard InChI is InChI=1S/C20H25N5O5S/c1-15(26)22-17-12-21-25(13-17)18-6-7-23(14-18)20(27)16-2-4-19(5-3-16)31(28,29)24-8-10-30-11-9-24/h2-5,12-13,18H,6-11,14H2,1H3,(H,22,26). The summed E-state index contributed by atoms with van der Waals surface area (Å²) in [5, 5.41) is 6.97. The van der Waals surface area contributed by atoms with Crippen molar-refractivity contribution in [2.75, 3.05) is 44.7 Å². The number of hydrogen-bond donors (Lipinski definition) is 1. The summed E-state index contributed by atoms with van der Waals surface area (Å²) in [5.41, 5.74) is 1.07. The molecule has 1 aromatic heterocycles. The number of carbonyl (C=O) groups is 2. The van der Waals surface area contributed by atoms with Crippen molar-refractivity contribution < 1.29 is 22.7 Å². The maximum atomic E-state index is 12.9. The highest BCUT2D eigenvalue weighted by atomic mass is 32.2. The molecule has 2 aliphatic heterocycles. The lowest BCUT2D eigenvalue weighted by molar-refractivity contribution is -0.114. The molecule has 0 saturated carbocycles. The molecular weight excluding hydrogens is 422 g/mol. The predicted octanol–water partition coefficient (Wildman–Crippen LogP) is 0.950. The van der Waals surface area contributed by atoms with E-state index in [4.69, 9.17) is 4.74 Å². The minimum atomic E-state index is -3.59. The molecule has 0 spiro atoms. The molecule has 2 amide bonds. The first kappa shape index (κ1) is 21.5. The van der Waals surface area contributed by atoms with Crippen molar-refractivity contribution in [1.82, 2.24) is 19.0 Å². The highest BCUT2D eigenvalue weighted by Crippen LogP contribution is 2.25. The Balaban J connectivity index is 1.41. The van der Waals surface area contributed by atoms with Gasteiger partial charge < -0.3 is 15.0 Å². The normalized spacial score (nSPS) is 20.0. The van der Waals surface area contributed by atoms with Crippen molar-refractivity contribution in [3.05, 3.63) is 42.2 Å². The van der Waals surface area contributed by atoms with Crippen molar-refractivity contribution in [3.63, 3.8) is 0 Å². The third-order valence-corrected chi connectivity index (χ3v) is 7.37. The van der Waals surface area contributed by atoms with Crippen molar-refractivity contribution in [1.29, 1.82) is 0 Å². The van der Waals surface area contributed by atoms with E-state index in [1.165, 1.54) is 23.4 Å². The quantitative estimate of drug-likeness (QED) is 0.730. The Morgan fingerprint density at radius 1 is 1.13 bits per heavy atom. The van der Waals surface area contributed by atoms with E-state index in [-0.39, 0.29) is 22.8 Å². The molecule has 2 aromatic rings. The summed E-state index contributed by atoms with van der Waals surface area (Å²) in [6.07, 6.45) is 4.08. The highest BCUT2D eigenvalue weighted by Gasteiger charge is 2.30. The number of rotatable bonds is 5. The average Bonchev–Trinajstić information content (AvgIpc) is 3.43. The number of benzene rings is 1. The third-order valence-electron chi connectivity index (χ3n) is 5.46. The summed E-state index contributed by atoms with van der Waals surface area (Å²) >= 11 is 0. The Morgan fingerprint density at radius 3 is 2.52 bits per heavy atom. The van der Waals surface area contributed by atoms with E-state index in [9.17, 15) is 18.0 Å². The molecule has 2 fully saturated rings. The Labute approximate surface area is 180 Å². The second-order valence-corrected chi connectivity index (χ2v) is 9.56. The fourth-order valence-corrected chi connectivity index (χ4v) is 5.24. The van der Waals surface area contributed by atoms with Crippen molar-refractivity contribution in [3.8, 4) is 0 Å². The zero-order valence-corrected chi connectivity index (χ0v) is 18.0. The number of anilines is 1. The predicted molar refractivity (Wildman–Crippen MR) is 112 cm³/mol. The van der Waals surface area contributed by atoms with Gasteiger partial charge >= 0.3 is 0 Å². The number of likely N-dealkylation sites (tertiary alicyclic amines) is 1. The zero-order valence-electron chi connectivity index (χ0n) is 17.2. The Morgan fingerprint density at radius 2 is 1.84 bits per heavy atom. The van der Waals surface area contributed by atoms with Crippen molar-refractivity contribution in [2.45, 2.75) is 24.3 Å². The van der Waals surface area contributed by atoms with Gasteiger partial charge in [-0.05, 0) is 30.7 Å². The molecule has 1 N–H and O–H groups in total. The molecule has 31 heavy (non-hydrogen) atoms. The monoisotopic (exact) mass is 447 g/mol. The summed E-state index contributed by atoms with van der Waals surface area (Å²) < 4.78 is 33.8. The topological polar surface area (TPSA) is 114 Å². The highest BCUT2D eigenvalue weighted by molar-refractivity contribution is 7.89. The van der Waals surface area contributed by atoms with E-state index >= 15 is 0 Å². The molecule has 1 aromatic carbocycles. The number of aromatic nitrogens is 2. The molecule has 3 heterocycles. The van der Waals surface area contributed by atoms with E-state index in [0.717, 1.165) is 6.42 Å². The lowest BCUT2D eigenvalue weighted by Crippen LogP contribution is -2.40. The minimum absolute atomic E-state index is 0.0208. The van der Waals surface area contributed by atoms with Crippen LogP contribution in [0.15, 0.2) is 41.6 Å². The first-order valence-electron chi connectivity index (χ1n) is 10.1. The number of nitrogens with one attached hydrogen (secondary N) is 1. The van der Waals surface area contributed by atoms with E-state index < -0.39 is 10.0 Å². The van der Waals surface area contributed by atoms with Gasteiger partial charge in [0.1, 0.15) is 0 Å². The molecule has 10 nitrogen and oxygen atoms in total. The van der Waals surface area contributed by atoms with Gasteiger partial charge in [-0.25, -0.2) is 8.42 Å². The Kier molecular flexibility index (Phi) is 6.08. The van der Waals surface area contributed by atoms with Crippen LogP contribution in [0.5, 0.6) is 0 Å². The van der Waals surface area contributed by atoms with Crippen LogP contribution in [0.4, 0.5) is 5.69 Å². The maximum Gasteiger partial charge on any atom is 0.253 e. The van der Waals surface area contributed by atoms with Gasteiger partial charge in [-0.15, -0.1) is 0 Å². The number of ether oxygens (including phenoxy) is 1. The van der Waals surface area contributed by atoms with Crippen LogP contribution in [0.1, 0.15) is 29.7 Å². The van der Waals surface area contributed by atoms with Gasteiger partial charge in [-0.1, -0.05) is 0 Å². The van der Waals surface area contributed by atoms with E-state index in [0.29, 0.717) is 50.6 Å². The lowest BCUT2D eigenvalue weighted by atomic mass is 10.2. The molecule has 1 unspecified atom stereocenters. The second-order valence-electron chi connectivity index (χ2n) is 7.62. The fraction of sp³-hybridized carbons (Fsp3) is 0.450. The minimum Gasteiger partial charge on any atom is -0.379 e. The number of morpholine rings is 1. The molecule has 166 valence electrons. The third kappa shape index (κ3) is 4.63. The number of hydrogen-bond acceptors (Lipinski definition) is 6. The smallest absolute Gasteiger partial charge is 0.253 e. The number of nitrogens with zero attached hydrogens (tertiary/aromatic N) is 4. The summed E-state index contributed by atoms with van der Waals surface area (Å²) in [7, 11) is -3.59. The van der Waals surface area contributed by atoms with Crippen LogP contribution in [0.3, 0.4) is 0 Å². The van der Waals surface area contributed by atoms with E-state index in [2.05, 4.69) is 10.4 Å². The summed E-state index contributed by atoms with van der Waals surface area (Å²) in [6, 6.07) is 6.11. The first-order chi connectivity index (χ1) is 14.8. The molecular formula is C20H25N5O5S. The zero-order chi connectivity index (χ0) is 22.0. The van der Waals surface area contributed by atoms with E-state index in [1.54, 1.807) is 34.1 Å². The van der Waals surface area contributed by atoms with Gasteiger partial charge in [0.2, 0.25) is 15.9 Å². The molecule has 11 heteroatoms. The molecule has 0 aliphatic carbocycles. The van der Waals surface area contributed by atoms with Gasteiger partial charge in [0.25, 0.3) is 5.91 Å². The van der Waals surface area contributed by atoms with Crippen molar-refractivity contribution >= 4 is 27.5 Å². The SMILES string of the molecule is CC(=O)Nc1cnn(C2CCN(C(=O)c3ccc(S(=O)(=O)N4CCOCC4)cc3)C2)c1. The maximum absolute atomic E-state index is 12.9. The number of amides is 2. The molecule has 2 saturated heterocycles. The van der Waals surface area contributed by atoms with Gasteiger partial charge in [0, 0.05) is 44.9 Å². The summed E-state index contributed by atoms with van der Waals surface area (Å²) in [6.45, 7) is 3.93. The van der Waals surface area contributed by atoms with Crippen molar-refractivity contribution in [2.24, 2.45) is 0 Å². The molecule has 0 radical (unpaired) electrons. The van der Waals surface area contributed by atoms with Gasteiger partial charge in [-0.2, -0.15) is 9.40 Å². The lowest BCUT2D eigenvalue weighted by Gasteiger charge is -2.26. The second kappa shape index (κ2) is 8.77. The Hall–Kier alpha value is -2.76. The molecule has 2 aliphatic rings. The van der Waals surface area contributed by atoms with Crippen LogP contribution in [0, 0.1) is 0 Å². The average molecular weight is 448 g/mol. The van der Waals surface area contributed by atoms with Gasteiger partial charge in [-0.3, -0.25) is 14.3 Å². The van der Waals surface area contributed by atoms with Gasteiger partial charge in [0.05, 0.1) is 36.0 Å².